The number of nitrogens with one attached hydrogen (secondary N) is 2. The number of halogens is 1. The zero-order valence-corrected chi connectivity index (χ0v) is 19.3. The van der Waals surface area contributed by atoms with Gasteiger partial charge in [0.15, 0.2) is 5.96 Å². The predicted octanol–water partition coefficient (Wildman–Crippen LogP) is 4.73. The molecule has 1 spiro atoms. The molecule has 4 rings (SSSR count). The quantitative estimate of drug-likeness (QED) is 0.332. The molecule has 1 saturated carbocycles. The van der Waals surface area contributed by atoms with Gasteiger partial charge in [-0.25, -0.2) is 4.99 Å². The number of guanidine groups is 1. The molecule has 154 valence electrons. The summed E-state index contributed by atoms with van der Waals surface area (Å²) in [5, 5.41) is 9.27. The normalized spacial score (nSPS) is 21.4. The highest BCUT2D eigenvalue weighted by molar-refractivity contribution is 14.0. The first-order chi connectivity index (χ1) is 13.3. The van der Waals surface area contributed by atoms with E-state index in [9.17, 15) is 0 Å². The summed E-state index contributed by atoms with van der Waals surface area (Å²) in [4.78, 5) is 6.11. The minimum atomic E-state index is 0. The van der Waals surface area contributed by atoms with Gasteiger partial charge >= 0.3 is 0 Å². The van der Waals surface area contributed by atoms with E-state index < -0.39 is 0 Å². The van der Waals surface area contributed by atoms with E-state index in [1.807, 2.05) is 12.1 Å². The molecule has 1 aliphatic heterocycles. The molecule has 5 nitrogen and oxygen atoms in total. The van der Waals surface area contributed by atoms with Gasteiger partial charge in [0.1, 0.15) is 5.76 Å². The highest BCUT2D eigenvalue weighted by Crippen LogP contribution is 2.39. The Hall–Kier alpha value is -1.06. The van der Waals surface area contributed by atoms with Crippen molar-refractivity contribution in [2.24, 2.45) is 4.99 Å². The van der Waals surface area contributed by atoms with Crippen LogP contribution >= 0.6 is 35.3 Å². The van der Waals surface area contributed by atoms with E-state index in [1.54, 1.807) is 17.6 Å². The number of aliphatic imine (C=N–C) groups is 1. The number of hydrogen-bond acceptors (Lipinski definition) is 4. The summed E-state index contributed by atoms with van der Waals surface area (Å²) in [6, 6.07) is 8.59. The van der Waals surface area contributed by atoms with E-state index >= 15 is 0 Å². The van der Waals surface area contributed by atoms with Crippen molar-refractivity contribution in [2.45, 2.75) is 63.1 Å². The van der Waals surface area contributed by atoms with E-state index in [0.29, 0.717) is 12.6 Å². The smallest absolute Gasteiger partial charge is 0.191 e. The molecule has 1 aliphatic carbocycles. The van der Waals surface area contributed by atoms with Crippen molar-refractivity contribution in [3.63, 3.8) is 0 Å². The van der Waals surface area contributed by atoms with Gasteiger partial charge in [0.25, 0.3) is 0 Å². The number of thiophene rings is 1. The molecule has 0 aromatic carbocycles. The molecule has 7 heteroatoms. The Bertz CT molecular complexity index is 712. The van der Waals surface area contributed by atoms with E-state index in [2.05, 4.69) is 28.1 Å². The van der Waals surface area contributed by atoms with Crippen LogP contribution in [0.2, 0.25) is 0 Å². The van der Waals surface area contributed by atoms with Crippen molar-refractivity contribution in [3.8, 4) is 0 Å². The van der Waals surface area contributed by atoms with E-state index in [4.69, 9.17) is 14.1 Å². The van der Waals surface area contributed by atoms with Crippen LogP contribution in [-0.2, 0) is 17.7 Å². The Balaban J connectivity index is 0.00000225. The van der Waals surface area contributed by atoms with Crippen LogP contribution in [0.3, 0.4) is 0 Å². The molecule has 2 aromatic heterocycles. The van der Waals surface area contributed by atoms with Crippen molar-refractivity contribution in [2.75, 3.05) is 13.2 Å². The van der Waals surface area contributed by atoms with Gasteiger partial charge in [0.2, 0.25) is 0 Å². The summed E-state index contributed by atoms with van der Waals surface area (Å²) >= 11 is 1.75. The maximum atomic E-state index is 6.18. The van der Waals surface area contributed by atoms with Gasteiger partial charge in [-0.15, -0.1) is 35.3 Å². The van der Waals surface area contributed by atoms with Crippen LogP contribution in [0.1, 0.15) is 49.2 Å². The Labute approximate surface area is 188 Å². The Morgan fingerprint density at radius 2 is 2.14 bits per heavy atom. The number of nitrogens with zero attached hydrogens (tertiary/aromatic N) is 1. The van der Waals surface area contributed by atoms with Crippen molar-refractivity contribution in [1.29, 1.82) is 0 Å². The second-order valence-corrected chi connectivity index (χ2v) is 8.61. The molecule has 28 heavy (non-hydrogen) atoms. The molecule has 3 heterocycles. The van der Waals surface area contributed by atoms with Gasteiger partial charge in [-0.05, 0) is 49.3 Å². The lowest BCUT2D eigenvalue weighted by atomic mass is 9.89. The minimum absolute atomic E-state index is 0. The minimum Gasteiger partial charge on any atom is -0.469 e. The molecule has 1 atom stereocenters. The van der Waals surface area contributed by atoms with Gasteiger partial charge < -0.3 is 19.8 Å². The van der Waals surface area contributed by atoms with Crippen LogP contribution in [0.5, 0.6) is 0 Å². The van der Waals surface area contributed by atoms with Gasteiger partial charge in [-0.3, -0.25) is 0 Å². The SMILES string of the molecule is I.c1coc(CCNC(=NCc2cccs2)NC2CCOC3(CCCC3)C2)c1. The lowest BCUT2D eigenvalue weighted by molar-refractivity contribution is -0.0815. The fourth-order valence-corrected chi connectivity index (χ4v) is 4.81. The van der Waals surface area contributed by atoms with Crippen LogP contribution in [0.4, 0.5) is 0 Å². The van der Waals surface area contributed by atoms with Crippen LogP contribution in [0.15, 0.2) is 45.3 Å². The zero-order valence-electron chi connectivity index (χ0n) is 16.2. The van der Waals surface area contributed by atoms with Gasteiger partial charge in [-0.2, -0.15) is 0 Å². The second kappa shape index (κ2) is 10.6. The molecular weight excluding hydrogens is 485 g/mol. The van der Waals surface area contributed by atoms with Crippen molar-refractivity contribution >= 4 is 41.3 Å². The number of hydrogen-bond donors (Lipinski definition) is 2. The highest BCUT2D eigenvalue weighted by Gasteiger charge is 2.40. The zero-order chi connectivity index (χ0) is 18.4. The Morgan fingerprint density at radius 3 is 2.89 bits per heavy atom. The standard InChI is InChI=1S/C21H29N3O2S.HI/c1-2-10-21(9-1)15-17(8-13-26-21)24-20(23-16-19-6-4-14-27-19)22-11-7-18-5-3-12-25-18;/h3-6,12,14,17H,1-2,7-11,13,15-16H2,(H2,22,23,24);1H. The summed E-state index contributed by atoms with van der Waals surface area (Å²) in [7, 11) is 0. The highest BCUT2D eigenvalue weighted by atomic mass is 127. The molecule has 0 bridgehead atoms. The molecule has 1 unspecified atom stereocenters. The third-order valence-corrected chi connectivity index (χ3v) is 6.43. The fourth-order valence-electron chi connectivity index (χ4n) is 4.18. The summed E-state index contributed by atoms with van der Waals surface area (Å²) in [5.41, 5.74) is 0.114. The van der Waals surface area contributed by atoms with E-state index in [1.165, 1.54) is 30.6 Å². The lowest BCUT2D eigenvalue weighted by Crippen LogP contribution is -2.50. The summed E-state index contributed by atoms with van der Waals surface area (Å²) < 4.78 is 11.6. The largest absolute Gasteiger partial charge is 0.469 e. The summed E-state index contributed by atoms with van der Waals surface area (Å²) in [5.74, 6) is 1.89. The van der Waals surface area contributed by atoms with Gasteiger partial charge in [-0.1, -0.05) is 18.9 Å². The van der Waals surface area contributed by atoms with Crippen molar-refractivity contribution in [3.05, 3.63) is 46.5 Å². The first-order valence-electron chi connectivity index (χ1n) is 10.0. The third kappa shape index (κ3) is 5.97. The molecule has 2 fully saturated rings. The van der Waals surface area contributed by atoms with Crippen LogP contribution in [0.25, 0.3) is 0 Å². The van der Waals surface area contributed by atoms with E-state index in [0.717, 1.165) is 44.1 Å². The monoisotopic (exact) mass is 515 g/mol. The number of rotatable bonds is 6. The molecule has 1 saturated heterocycles. The summed E-state index contributed by atoms with van der Waals surface area (Å²) in [6.07, 6.45) is 9.72. The average Bonchev–Trinajstić information content (AvgIpc) is 3.43. The van der Waals surface area contributed by atoms with Gasteiger partial charge in [0.05, 0.1) is 18.4 Å². The maximum Gasteiger partial charge on any atom is 0.191 e. The second-order valence-electron chi connectivity index (χ2n) is 7.57. The molecule has 2 aromatic rings. The predicted molar refractivity (Wildman–Crippen MR) is 125 cm³/mol. The molecular formula is C21H30IN3O2S. The van der Waals surface area contributed by atoms with Gasteiger partial charge in [0, 0.05) is 30.5 Å². The first-order valence-corrected chi connectivity index (χ1v) is 10.9. The van der Waals surface area contributed by atoms with Crippen LogP contribution in [-0.4, -0.2) is 30.8 Å². The number of furan rings is 1. The summed E-state index contributed by atoms with van der Waals surface area (Å²) in [6.45, 7) is 2.36. The third-order valence-electron chi connectivity index (χ3n) is 5.57. The Morgan fingerprint density at radius 1 is 1.25 bits per heavy atom. The van der Waals surface area contributed by atoms with Crippen molar-refractivity contribution < 1.29 is 9.15 Å². The van der Waals surface area contributed by atoms with Crippen LogP contribution < -0.4 is 10.6 Å². The average molecular weight is 515 g/mol. The first kappa shape index (κ1) is 21.6. The number of ether oxygens (including phenoxy) is 1. The van der Waals surface area contributed by atoms with E-state index in [-0.39, 0.29) is 29.6 Å². The lowest BCUT2D eigenvalue weighted by Gasteiger charge is -2.39. The fraction of sp³-hybridized carbons (Fsp3) is 0.571. The molecule has 0 radical (unpaired) electrons. The molecule has 2 N–H and O–H groups in total. The molecule has 0 amide bonds. The van der Waals surface area contributed by atoms with Crippen molar-refractivity contribution in [1.82, 2.24) is 10.6 Å². The molecule has 2 aliphatic rings. The Kier molecular flexibility index (Phi) is 8.23. The topological polar surface area (TPSA) is 58.8 Å². The van der Waals surface area contributed by atoms with Crippen LogP contribution in [0, 0.1) is 0 Å². The maximum absolute atomic E-state index is 6.18.